The summed E-state index contributed by atoms with van der Waals surface area (Å²) in [7, 11) is 0. The highest BCUT2D eigenvalue weighted by molar-refractivity contribution is 5.90. The van der Waals surface area contributed by atoms with E-state index >= 15 is 0 Å². The molecule has 0 fully saturated rings. The lowest BCUT2D eigenvalue weighted by Gasteiger charge is -2.31. The van der Waals surface area contributed by atoms with Gasteiger partial charge in [-0.2, -0.15) is 0 Å². The van der Waals surface area contributed by atoms with Crippen molar-refractivity contribution in [3.05, 3.63) is 106 Å². The monoisotopic (exact) mass is 437 g/mol. The van der Waals surface area contributed by atoms with E-state index in [0.717, 1.165) is 0 Å². The Morgan fingerprint density at radius 1 is 1.06 bits per heavy atom. The summed E-state index contributed by atoms with van der Waals surface area (Å²) in [5.74, 6) is -0.439. The molecule has 0 N–H and O–H groups in total. The molecule has 7 nitrogen and oxygen atoms in total. The average molecular weight is 437 g/mol. The predicted molar refractivity (Wildman–Crippen MR) is 110 cm³/mol. The molecular weight excluding hydrogens is 420 g/mol. The number of nitrogens with zero attached hydrogens (tertiary/aromatic N) is 3. The van der Waals surface area contributed by atoms with Crippen LogP contribution in [0, 0.1) is 10.1 Å². The van der Waals surface area contributed by atoms with Crippen molar-refractivity contribution in [2.45, 2.75) is 5.60 Å². The summed E-state index contributed by atoms with van der Waals surface area (Å²) in [6, 6.07) is 17.1. The van der Waals surface area contributed by atoms with Crippen molar-refractivity contribution < 1.29 is 28.2 Å². The lowest BCUT2D eigenvalue weighted by atomic mass is 9.91. The summed E-state index contributed by atoms with van der Waals surface area (Å²) in [6.07, 6.45) is 2.75. The number of non-ortho nitro benzene ring substituents is 1. The minimum absolute atomic E-state index is 0.0909. The van der Waals surface area contributed by atoms with Crippen molar-refractivity contribution in [1.29, 1.82) is 0 Å². The lowest BCUT2D eigenvalue weighted by molar-refractivity contribution is -0.683. The number of nitro groups is 1. The minimum Gasteiger partial charge on any atom is -0.854 e. The van der Waals surface area contributed by atoms with Crippen LogP contribution < -0.4 is 14.5 Å². The Bertz CT molecular complexity index is 1220. The zero-order chi connectivity index (χ0) is 22.7. The Hall–Kier alpha value is -4.14. The summed E-state index contributed by atoms with van der Waals surface area (Å²) in [6.45, 7) is -2.31. The van der Waals surface area contributed by atoms with Gasteiger partial charge in [-0.3, -0.25) is 10.1 Å². The highest BCUT2D eigenvalue weighted by atomic mass is 19.1. The van der Waals surface area contributed by atoms with Crippen LogP contribution in [-0.2, 0) is 0 Å². The maximum Gasteiger partial charge on any atom is 0.270 e. The standard InChI is InChI=1S/C23H17F2N3O4/c24-14-23(15-25)13-19(18-12-17(28(30)31)9-10-21(18)32-23)20-8-4-5-11-27(20)26-22(29)16-6-2-1-3-7-16/h1-13H,14-15H2. The Labute approximate surface area is 181 Å². The molecule has 32 heavy (non-hydrogen) atoms. The number of alkyl halides is 2. The number of rotatable bonds is 6. The molecule has 2 aromatic carbocycles. The first-order valence-electron chi connectivity index (χ1n) is 9.61. The van der Waals surface area contributed by atoms with Gasteiger partial charge < -0.3 is 9.84 Å². The van der Waals surface area contributed by atoms with Crippen molar-refractivity contribution in [3.8, 4) is 5.75 Å². The largest absolute Gasteiger partial charge is 0.854 e. The molecule has 0 aliphatic carbocycles. The molecule has 1 aliphatic heterocycles. The van der Waals surface area contributed by atoms with Gasteiger partial charge in [-0.1, -0.05) is 35.0 Å². The van der Waals surface area contributed by atoms with Crippen molar-refractivity contribution in [2.75, 3.05) is 13.3 Å². The number of ether oxygens (including phenoxy) is 1. The molecule has 0 saturated carbocycles. The maximum absolute atomic E-state index is 13.9. The fraction of sp³-hybridized carbons (Fsp3) is 0.130. The molecule has 2 heterocycles. The molecule has 1 aliphatic rings. The second-order valence-electron chi connectivity index (χ2n) is 7.13. The molecule has 0 bridgehead atoms. The quantitative estimate of drug-likeness (QED) is 0.195. The summed E-state index contributed by atoms with van der Waals surface area (Å²) in [5, 5.41) is 28.0. The summed E-state index contributed by atoms with van der Waals surface area (Å²) < 4.78 is 34.5. The molecule has 0 radical (unpaired) electrons. The van der Waals surface area contributed by atoms with Crippen molar-refractivity contribution in [2.24, 2.45) is 5.10 Å². The van der Waals surface area contributed by atoms with Crippen LogP contribution in [0.4, 0.5) is 14.5 Å². The van der Waals surface area contributed by atoms with Crippen LogP contribution in [0.25, 0.3) is 5.57 Å². The Morgan fingerprint density at radius 2 is 1.78 bits per heavy atom. The number of pyridine rings is 1. The van der Waals surface area contributed by atoms with E-state index in [2.05, 4.69) is 5.10 Å². The van der Waals surface area contributed by atoms with E-state index in [1.54, 1.807) is 48.5 Å². The first-order valence-corrected chi connectivity index (χ1v) is 9.61. The number of nitro benzene ring substituents is 1. The SMILES string of the molecule is O=[N+]([O-])c1ccc2c(c1)C(c1cccc[n+]1/N=C(\[O-])c1ccccc1)=CC(CF)(CF)O2. The third-order valence-corrected chi connectivity index (χ3v) is 4.97. The number of hydrogen-bond donors (Lipinski definition) is 0. The molecule has 4 rings (SSSR count). The predicted octanol–water partition coefficient (Wildman–Crippen LogP) is 2.95. The third kappa shape index (κ3) is 3.92. The molecule has 0 atom stereocenters. The van der Waals surface area contributed by atoms with E-state index in [1.807, 2.05) is 0 Å². The number of aromatic nitrogens is 1. The van der Waals surface area contributed by atoms with Crippen molar-refractivity contribution >= 4 is 17.2 Å². The van der Waals surface area contributed by atoms with E-state index < -0.39 is 29.8 Å². The van der Waals surface area contributed by atoms with E-state index in [-0.39, 0.29) is 22.6 Å². The van der Waals surface area contributed by atoms with Gasteiger partial charge in [0.1, 0.15) is 19.1 Å². The first-order chi connectivity index (χ1) is 15.5. The molecule has 0 spiro atoms. The lowest BCUT2D eigenvalue weighted by Crippen LogP contribution is -2.43. The molecule has 0 saturated heterocycles. The highest BCUT2D eigenvalue weighted by Crippen LogP contribution is 2.40. The van der Waals surface area contributed by atoms with Crippen LogP contribution in [0.2, 0.25) is 0 Å². The molecular formula is C23H17F2N3O4. The summed E-state index contributed by atoms with van der Waals surface area (Å²) in [4.78, 5) is 10.7. The fourth-order valence-electron chi connectivity index (χ4n) is 3.37. The normalized spacial score (nSPS) is 14.8. The highest BCUT2D eigenvalue weighted by Gasteiger charge is 2.39. The average Bonchev–Trinajstić information content (AvgIpc) is 2.83. The van der Waals surface area contributed by atoms with E-state index in [4.69, 9.17) is 4.74 Å². The van der Waals surface area contributed by atoms with E-state index in [1.165, 1.54) is 35.1 Å². The van der Waals surface area contributed by atoms with Gasteiger partial charge in [-0.25, -0.2) is 8.78 Å². The minimum atomic E-state index is -1.89. The zero-order valence-corrected chi connectivity index (χ0v) is 16.7. The van der Waals surface area contributed by atoms with E-state index in [9.17, 15) is 24.0 Å². The topological polar surface area (TPSA) is 91.7 Å². The molecule has 1 aromatic heterocycles. The molecule has 0 unspecified atom stereocenters. The van der Waals surface area contributed by atoms with E-state index in [0.29, 0.717) is 11.3 Å². The van der Waals surface area contributed by atoms with Crippen LogP contribution in [0.15, 0.2) is 84.1 Å². The van der Waals surface area contributed by atoms with Crippen molar-refractivity contribution in [1.82, 2.24) is 0 Å². The summed E-state index contributed by atoms with van der Waals surface area (Å²) >= 11 is 0. The smallest absolute Gasteiger partial charge is 0.270 e. The van der Waals surface area contributed by atoms with Crippen LogP contribution in [0.1, 0.15) is 16.8 Å². The fourth-order valence-corrected chi connectivity index (χ4v) is 3.37. The van der Waals surface area contributed by atoms with Crippen LogP contribution >= 0.6 is 0 Å². The maximum atomic E-state index is 13.9. The second-order valence-corrected chi connectivity index (χ2v) is 7.13. The molecule has 0 amide bonds. The van der Waals surface area contributed by atoms with Crippen LogP contribution in [0.3, 0.4) is 0 Å². The van der Waals surface area contributed by atoms with Gasteiger partial charge in [0, 0.05) is 29.8 Å². The van der Waals surface area contributed by atoms with Gasteiger partial charge in [0.25, 0.3) is 5.69 Å². The van der Waals surface area contributed by atoms with Gasteiger partial charge >= 0.3 is 0 Å². The number of fused-ring (bicyclic) bond motifs is 1. The second kappa shape index (κ2) is 8.54. The molecule has 162 valence electrons. The number of halogens is 2. The summed E-state index contributed by atoms with van der Waals surface area (Å²) in [5.41, 5.74) is -0.919. The van der Waals surface area contributed by atoms with Gasteiger partial charge in [0.2, 0.25) is 11.9 Å². The first kappa shape index (κ1) is 21.1. The van der Waals surface area contributed by atoms with Crippen LogP contribution in [0.5, 0.6) is 5.75 Å². The number of hydrogen-bond acceptors (Lipinski definition) is 5. The van der Waals surface area contributed by atoms with Gasteiger partial charge in [0.15, 0.2) is 5.60 Å². The Kier molecular flexibility index (Phi) is 5.63. The van der Waals surface area contributed by atoms with Crippen LogP contribution in [-0.4, -0.2) is 29.8 Å². The molecule has 9 heteroatoms. The van der Waals surface area contributed by atoms with Gasteiger partial charge in [-0.15, -0.1) is 0 Å². The van der Waals surface area contributed by atoms with Crippen molar-refractivity contribution in [3.63, 3.8) is 0 Å². The Morgan fingerprint density at radius 3 is 2.47 bits per heavy atom. The third-order valence-electron chi connectivity index (χ3n) is 4.97. The van der Waals surface area contributed by atoms with Gasteiger partial charge in [0.05, 0.1) is 16.4 Å². The van der Waals surface area contributed by atoms with Gasteiger partial charge in [-0.05, 0) is 28.9 Å². The number of benzene rings is 2. The Balaban J connectivity index is 1.91. The zero-order valence-electron chi connectivity index (χ0n) is 16.7. The molecule has 3 aromatic rings.